The van der Waals surface area contributed by atoms with Crippen LogP contribution in [0.5, 0.6) is 0 Å². The number of halogens is 1. The summed E-state index contributed by atoms with van der Waals surface area (Å²) in [4.78, 5) is 11.1. The summed E-state index contributed by atoms with van der Waals surface area (Å²) >= 11 is 1.97. The lowest BCUT2D eigenvalue weighted by Crippen LogP contribution is -2.32. The maximum absolute atomic E-state index is 11.1. The smallest absolute Gasteiger partial charge is 0.320 e. The molecule has 0 heterocycles. The summed E-state index contributed by atoms with van der Waals surface area (Å²) in [6.07, 6.45) is 0. The Morgan fingerprint density at radius 2 is 2.09 bits per heavy atom. The number of hydrogen-bond acceptors (Lipinski definition) is 3. The van der Waals surface area contributed by atoms with Crippen LogP contribution in [-0.4, -0.2) is 22.0 Å². The van der Waals surface area contributed by atoms with E-state index in [-0.39, 0.29) is 9.89 Å². The minimum atomic E-state index is -0.407. The van der Waals surface area contributed by atoms with Gasteiger partial charge in [0.05, 0.1) is 0 Å². The molecule has 1 atom stereocenters. The molecule has 0 spiro atoms. The maximum atomic E-state index is 11.1. The Morgan fingerprint density at radius 1 is 1.64 bits per heavy atom. The summed E-state index contributed by atoms with van der Waals surface area (Å²) in [5.41, 5.74) is 4.88. The van der Waals surface area contributed by atoms with Crippen LogP contribution in [0.2, 0.25) is 0 Å². The first-order chi connectivity index (χ1) is 4.87. The first-order valence-corrected chi connectivity index (χ1v) is 4.68. The molecule has 0 aromatic rings. The third-order valence-electron chi connectivity index (χ3n) is 0.869. The van der Waals surface area contributed by atoms with Crippen molar-refractivity contribution in [2.24, 2.45) is 5.73 Å². The topological polar surface area (TPSA) is 52.3 Å². The number of hydrogen-bond donors (Lipinski definition) is 1. The Hall–Kier alpha value is 0.160. The molecule has 0 aromatic carbocycles. The molecule has 0 saturated carbocycles. The van der Waals surface area contributed by atoms with E-state index in [2.05, 4.69) is 0 Å². The van der Waals surface area contributed by atoms with Crippen LogP contribution < -0.4 is 5.73 Å². The second-order valence-electron chi connectivity index (χ2n) is 3.24. The molecular weight excluding hydrogens is 257 g/mol. The molecule has 0 fully saturated rings. The molecule has 4 heteroatoms. The SMILES string of the molecule is CC(C)(C)OC(=O)C(I)CN. The fraction of sp³-hybridized carbons (Fsp3) is 0.857. The third-order valence-corrected chi connectivity index (χ3v) is 1.89. The zero-order valence-corrected chi connectivity index (χ0v) is 9.21. The molecule has 1 unspecified atom stereocenters. The molecule has 11 heavy (non-hydrogen) atoms. The summed E-state index contributed by atoms with van der Waals surface area (Å²) in [5, 5.41) is 0. The van der Waals surface area contributed by atoms with Crippen LogP contribution in [0.3, 0.4) is 0 Å². The van der Waals surface area contributed by atoms with Crippen molar-refractivity contribution in [1.82, 2.24) is 0 Å². The number of carbonyl (C=O) groups is 1. The highest BCUT2D eigenvalue weighted by Gasteiger charge is 2.21. The standard InChI is InChI=1S/C7H14INO2/c1-7(2,3)11-6(10)5(8)4-9/h5H,4,9H2,1-3H3. The fourth-order valence-corrected chi connectivity index (χ4v) is 0.589. The summed E-state index contributed by atoms with van der Waals surface area (Å²) in [6, 6.07) is 0. The van der Waals surface area contributed by atoms with Gasteiger partial charge in [-0.15, -0.1) is 0 Å². The lowest BCUT2D eigenvalue weighted by molar-refractivity contribution is -0.153. The van der Waals surface area contributed by atoms with Crippen LogP contribution >= 0.6 is 22.6 Å². The first-order valence-electron chi connectivity index (χ1n) is 3.44. The quantitative estimate of drug-likeness (QED) is 0.464. The lowest BCUT2D eigenvalue weighted by atomic mass is 10.2. The average molecular weight is 271 g/mol. The monoisotopic (exact) mass is 271 g/mol. The Labute approximate surface area is 80.8 Å². The summed E-state index contributed by atoms with van der Waals surface area (Å²) in [7, 11) is 0. The average Bonchev–Trinajstić information content (AvgIpc) is 1.82. The molecule has 0 aliphatic heterocycles. The van der Waals surface area contributed by atoms with Gasteiger partial charge in [-0.1, -0.05) is 22.6 Å². The first kappa shape index (κ1) is 11.2. The van der Waals surface area contributed by atoms with E-state index in [0.29, 0.717) is 6.54 Å². The molecule has 66 valence electrons. The van der Waals surface area contributed by atoms with Crippen LogP contribution in [0.4, 0.5) is 0 Å². The van der Waals surface area contributed by atoms with Gasteiger partial charge in [0.15, 0.2) is 0 Å². The molecule has 0 aliphatic carbocycles. The molecule has 0 rings (SSSR count). The van der Waals surface area contributed by atoms with E-state index in [1.807, 2.05) is 43.4 Å². The van der Waals surface area contributed by atoms with E-state index in [4.69, 9.17) is 10.5 Å². The minimum Gasteiger partial charge on any atom is -0.459 e. The molecule has 0 aliphatic rings. The highest BCUT2D eigenvalue weighted by molar-refractivity contribution is 14.1. The molecule has 0 amide bonds. The van der Waals surface area contributed by atoms with Crippen LogP contribution in [0.1, 0.15) is 20.8 Å². The third kappa shape index (κ3) is 5.43. The van der Waals surface area contributed by atoms with Crippen molar-refractivity contribution < 1.29 is 9.53 Å². The van der Waals surface area contributed by atoms with Crippen molar-refractivity contribution in [2.45, 2.75) is 30.3 Å². The number of carbonyl (C=O) groups excluding carboxylic acids is 1. The van der Waals surface area contributed by atoms with E-state index in [0.717, 1.165) is 0 Å². The zero-order valence-electron chi connectivity index (χ0n) is 7.06. The predicted octanol–water partition coefficient (Wildman–Crippen LogP) is 1.09. The van der Waals surface area contributed by atoms with Gasteiger partial charge >= 0.3 is 5.97 Å². The zero-order chi connectivity index (χ0) is 9.07. The molecule has 0 saturated heterocycles. The molecule has 3 nitrogen and oxygen atoms in total. The second-order valence-corrected chi connectivity index (χ2v) is 4.74. The van der Waals surface area contributed by atoms with E-state index < -0.39 is 5.60 Å². The Balaban J connectivity index is 3.88. The molecular formula is C7H14INO2. The van der Waals surface area contributed by atoms with Gasteiger partial charge in [0.25, 0.3) is 0 Å². The van der Waals surface area contributed by atoms with Gasteiger partial charge in [-0.2, -0.15) is 0 Å². The summed E-state index contributed by atoms with van der Waals surface area (Å²) in [5.74, 6) is -0.236. The number of ether oxygens (including phenoxy) is 1. The summed E-state index contributed by atoms with van der Waals surface area (Å²) < 4.78 is 4.83. The van der Waals surface area contributed by atoms with Gasteiger partial charge in [0, 0.05) is 6.54 Å². The van der Waals surface area contributed by atoms with Gasteiger partial charge in [0.1, 0.15) is 9.53 Å². The van der Waals surface area contributed by atoms with Gasteiger partial charge in [0.2, 0.25) is 0 Å². The lowest BCUT2D eigenvalue weighted by Gasteiger charge is -2.20. The number of nitrogens with two attached hydrogens (primary N) is 1. The van der Waals surface area contributed by atoms with E-state index in [1.165, 1.54) is 0 Å². The summed E-state index contributed by atoms with van der Waals surface area (Å²) in [6.45, 7) is 5.84. The second kappa shape index (κ2) is 4.25. The normalized spacial score (nSPS) is 14.3. The largest absolute Gasteiger partial charge is 0.459 e. The Bertz CT molecular complexity index is 142. The number of rotatable bonds is 2. The highest BCUT2D eigenvalue weighted by atomic mass is 127. The van der Waals surface area contributed by atoms with Crippen LogP contribution in [0.25, 0.3) is 0 Å². The molecule has 0 bridgehead atoms. The van der Waals surface area contributed by atoms with Crippen LogP contribution in [0, 0.1) is 0 Å². The van der Waals surface area contributed by atoms with Crippen molar-refractivity contribution in [3.05, 3.63) is 0 Å². The minimum absolute atomic E-state index is 0.230. The van der Waals surface area contributed by atoms with Crippen molar-refractivity contribution in [3.8, 4) is 0 Å². The molecule has 0 radical (unpaired) electrons. The van der Waals surface area contributed by atoms with Gasteiger partial charge in [-0.25, -0.2) is 0 Å². The Morgan fingerprint density at radius 3 is 2.36 bits per heavy atom. The molecule has 0 aromatic heterocycles. The maximum Gasteiger partial charge on any atom is 0.320 e. The molecule has 2 N–H and O–H groups in total. The number of alkyl halides is 1. The van der Waals surface area contributed by atoms with Crippen molar-refractivity contribution in [3.63, 3.8) is 0 Å². The van der Waals surface area contributed by atoms with Gasteiger partial charge < -0.3 is 10.5 Å². The van der Waals surface area contributed by atoms with Gasteiger partial charge in [-0.3, -0.25) is 4.79 Å². The van der Waals surface area contributed by atoms with Crippen molar-refractivity contribution in [1.29, 1.82) is 0 Å². The van der Waals surface area contributed by atoms with Crippen LogP contribution in [0.15, 0.2) is 0 Å². The van der Waals surface area contributed by atoms with Crippen molar-refractivity contribution in [2.75, 3.05) is 6.54 Å². The van der Waals surface area contributed by atoms with E-state index >= 15 is 0 Å². The van der Waals surface area contributed by atoms with E-state index in [9.17, 15) is 4.79 Å². The highest BCUT2D eigenvalue weighted by Crippen LogP contribution is 2.11. The Kier molecular flexibility index (Phi) is 4.31. The fourth-order valence-electron chi connectivity index (χ4n) is 0.462. The number of esters is 1. The van der Waals surface area contributed by atoms with Crippen molar-refractivity contribution >= 4 is 28.6 Å². The predicted molar refractivity (Wildman–Crippen MR) is 52.7 cm³/mol. The van der Waals surface area contributed by atoms with E-state index in [1.54, 1.807) is 0 Å². The van der Waals surface area contributed by atoms with Gasteiger partial charge in [-0.05, 0) is 20.8 Å². The van der Waals surface area contributed by atoms with Crippen LogP contribution in [-0.2, 0) is 9.53 Å².